The minimum atomic E-state index is -0.390. The molecule has 1 heterocycles. The summed E-state index contributed by atoms with van der Waals surface area (Å²) in [6, 6.07) is 0. The minimum absolute atomic E-state index is 0.103. The van der Waals surface area contributed by atoms with Crippen LogP contribution in [0.3, 0.4) is 0 Å². The second kappa shape index (κ2) is 8.26. The van der Waals surface area contributed by atoms with Gasteiger partial charge >= 0.3 is 5.97 Å². The molecule has 8 heteroatoms. The molecule has 0 saturated carbocycles. The molecule has 1 aliphatic heterocycles. The summed E-state index contributed by atoms with van der Waals surface area (Å²) in [5, 5.41) is 3.76. The highest BCUT2D eigenvalue weighted by atomic mass is 16.5. The van der Waals surface area contributed by atoms with E-state index in [0.29, 0.717) is 19.6 Å². The van der Waals surface area contributed by atoms with E-state index in [1.54, 1.807) is 0 Å². The quantitative estimate of drug-likeness (QED) is 0.623. The molecule has 1 rings (SSSR count). The summed E-state index contributed by atoms with van der Waals surface area (Å²) in [5.74, 6) is -0.899. The van der Waals surface area contributed by atoms with E-state index in [9.17, 15) is 14.4 Å². The van der Waals surface area contributed by atoms with Crippen LogP contribution in [0.2, 0.25) is 0 Å². The molecule has 0 radical (unpaired) electrons. The van der Waals surface area contributed by atoms with Crippen molar-refractivity contribution in [2.75, 3.05) is 33.9 Å². The zero-order chi connectivity index (χ0) is 15.0. The summed E-state index contributed by atoms with van der Waals surface area (Å²) < 4.78 is 9.49. The molecule has 0 bridgehead atoms. The molecule has 1 N–H and O–H groups in total. The molecule has 0 aromatic rings. The molecule has 0 spiro atoms. The highest BCUT2D eigenvalue weighted by molar-refractivity contribution is 6.39. The van der Waals surface area contributed by atoms with Crippen LogP contribution in [-0.4, -0.2) is 62.3 Å². The maximum atomic E-state index is 12.2. The number of methoxy groups -OCH3 is 2. The van der Waals surface area contributed by atoms with E-state index in [1.165, 1.54) is 19.1 Å². The van der Waals surface area contributed by atoms with Crippen molar-refractivity contribution in [1.29, 1.82) is 0 Å². The summed E-state index contributed by atoms with van der Waals surface area (Å²) in [6.45, 7) is 0.924. The summed E-state index contributed by atoms with van der Waals surface area (Å²) in [6.07, 6.45) is 0.637. The van der Waals surface area contributed by atoms with Crippen LogP contribution in [0.25, 0.3) is 0 Å². The smallest absolute Gasteiger partial charge is 0.307 e. The van der Waals surface area contributed by atoms with Crippen LogP contribution in [0.5, 0.6) is 0 Å². The highest BCUT2D eigenvalue weighted by Gasteiger charge is 2.23. The summed E-state index contributed by atoms with van der Waals surface area (Å²) >= 11 is 0. The van der Waals surface area contributed by atoms with Crippen molar-refractivity contribution in [1.82, 2.24) is 10.3 Å². The topological polar surface area (TPSA) is 97.3 Å². The van der Waals surface area contributed by atoms with Gasteiger partial charge in [-0.3, -0.25) is 14.4 Å². The van der Waals surface area contributed by atoms with Crippen molar-refractivity contribution >= 4 is 23.5 Å². The zero-order valence-corrected chi connectivity index (χ0v) is 11.7. The number of nitrogens with zero attached hydrogens (tertiary/aromatic N) is 2. The number of ether oxygens (including phenoxy) is 2. The Hall–Kier alpha value is -1.96. The minimum Gasteiger partial charge on any atom is -0.469 e. The number of carbonyl (C=O) groups excluding carboxylic acids is 3. The molecule has 2 amide bonds. The first-order chi connectivity index (χ1) is 9.58. The normalized spacial score (nSPS) is 14.3. The van der Waals surface area contributed by atoms with Gasteiger partial charge in [-0.2, -0.15) is 5.10 Å². The molecule has 0 aromatic carbocycles. The third kappa shape index (κ3) is 4.96. The fraction of sp³-hybridized carbons (Fsp3) is 0.667. The Labute approximate surface area is 117 Å². The van der Waals surface area contributed by atoms with E-state index >= 15 is 0 Å². The predicted molar refractivity (Wildman–Crippen MR) is 69.9 cm³/mol. The number of rotatable bonds is 7. The Bertz CT molecular complexity index is 408. The monoisotopic (exact) mass is 285 g/mol. The molecule has 0 atom stereocenters. The van der Waals surface area contributed by atoms with Crippen LogP contribution in [0.4, 0.5) is 0 Å². The van der Waals surface area contributed by atoms with Gasteiger partial charge in [-0.25, -0.2) is 5.43 Å². The van der Waals surface area contributed by atoms with Crippen molar-refractivity contribution in [3.8, 4) is 0 Å². The first-order valence-electron chi connectivity index (χ1n) is 6.29. The van der Waals surface area contributed by atoms with Crippen molar-refractivity contribution in [3.05, 3.63) is 0 Å². The van der Waals surface area contributed by atoms with Crippen LogP contribution in [0.15, 0.2) is 5.10 Å². The van der Waals surface area contributed by atoms with Crippen molar-refractivity contribution in [3.63, 3.8) is 0 Å². The van der Waals surface area contributed by atoms with Crippen molar-refractivity contribution < 1.29 is 23.9 Å². The molecule has 0 saturated heterocycles. The van der Waals surface area contributed by atoms with E-state index in [0.717, 1.165) is 0 Å². The second-order valence-electron chi connectivity index (χ2n) is 4.20. The highest BCUT2D eigenvalue weighted by Crippen LogP contribution is 2.05. The Morgan fingerprint density at radius 2 is 2.05 bits per heavy atom. The molecule has 20 heavy (non-hydrogen) atoms. The van der Waals surface area contributed by atoms with E-state index in [4.69, 9.17) is 4.74 Å². The first-order valence-corrected chi connectivity index (χ1v) is 6.29. The van der Waals surface area contributed by atoms with E-state index < -0.39 is 0 Å². The van der Waals surface area contributed by atoms with Gasteiger partial charge in [0.05, 0.1) is 20.1 Å². The lowest BCUT2D eigenvalue weighted by molar-refractivity contribution is -0.141. The molecule has 1 aliphatic rings. The third-order valence-electron chi connectivity index (χ3n) is 2.82. The van der Waals surface area contributed by atoms with Gasteiger partial charge < -0.3 is 14.4 Å². The lowest BCUT2D eigenvalue weighted by Gasteiger charge is -2.23. The summed E-state index contributed by atoms with van der Waals surface area (Å²) in [5.41, 5.74) is 2.56. The number of nitrogens with one attached hydrogen (secondary N) is 1. The average molecular weight is 285 g/mol. The predicted octanol–water partition coefficient (Wildman–Crippen LogP) is -0.709. The van der Waals surface area contributed by atoms with Gasteiger partial charge in [0.25, 0.3) is 5.91 Å². The Morgan fingerprint density at radius 1 is 1.30 bits per heavy atom. The van der Waals surface area contributed by atoms with Gasteiger partial charge in [-0.15, -0.1) is 0 Å². The van der Waals surface area contributed by atoms with Gasteiger partial charge in [-0.1, -0.05) is 0 Å². The third-order valence-corrected chi connectivity index (χ3v) is 2.82. The largest absolute Gasteiger partial charge is 0.469 e. The number of amides is 2. The van der Waals surface area contributed by atoms with Gasteiger partial charge in [-0.05, 0) is 0 Å². The number of hydrogen-bond donors (Lipinski definition) is 1. The lowest BCUT2D eigenvalue weighted by Crippen LogP contribution is -2.42. The van der Waals surface area contributed by atoms with Crippen LogP contribution in [0.1, 0.15) is 19.3 Å². The van der Waals surface area contributed by atoms with Gasteiger partial charge in [0, 0.05) is 33.0 Å². The van der Waals surface area contributed by atoms with Crippen LogP contribution in [-0.2, 0) is 23.9 Å². The van der Waals surface area contributed by atoms with Gasteiger partial charge in [0.15, 0.2) is 0 Å². The molecule has 8 nitrogen and oxygen atoms in total. The maximum absolute atomic E-state index is 12.2. The van der Waals surface area contributed by atoms with Crippen molar-refractivity contribution in [2.45, 2.75) is 19.3 Å². The number of hydrazone groups is 1. The van der Waals surface area contributed by atoms with Crippen LogP contribution >= 0.6 is 0 Å². The second-order valence-corrected chi connectivity index (χ2v) is 4.20. The number of hydrogen-bond acceptors (Lipinski definition) is 6. The van der Waals surface area contributed by atoms with Crippen LogP contribution < -0.4 is 5.43 Å². The molecule has 0 fully saturated rings. The molecule has 0 aliphatic carbocycles. The zero-order valence-electron chi connectivity index (χ0n) is 11.7. The number of esters is 1. The maximum Gasteiger partial charge on any atom is 0.307 e. The van der Waals surface area contributed by atoms with Crippen LogP contribution in [0, 0.1) is 0 Å². The van der Waals surface area contributed by atoms with E-state index in [1.807, 2.05) is 0 Å². The molecule has 0 unspecified atom stereocenters. The van der Waals surface area contributed by atoms with E-state index in [2.05, 4.69) is 15.3 Å². The fourth-order valence-electron chi connectivity index (χ4n) is 1.66. The Morgan fingerprint density at radius 3 is 2.60 bits per heavy atom. The molecule has 0 aromatic heterocycles. The van der Waals surface area contributed by atoms with Gasteiger partial charge in [0.2, 0.25) is 5.91 Å². The average Bonchev–Trinajstić information content (AvgIpc) is 2.47. The van der Waals surface area contributed by atoms with E-state index in [-0.39, 0.29) is 42.9 Å². The molecule has 112 valence electrons. The Kier molecular flexibility index (Phi) is 6.65. The Balaban J connectivity index is 2.63. The molecular weight excluding hydrogens is 266 g/mol. The summed E-state index contributed by atoms with van der Waals surface area (Å²) in [4.78, 5) is 35.9. The molecular formula is C12H19N3O5. The van der Waals surface area contributed by atoms with Gasteiger partial charge in [0.1, 0.15) is 5.71 Å². The SMILES string of the molecule is COCCN(CCC(=O)OC)C(=O)C1=NNC(=O)CC1. The fourth-order valence-corrected chi connectivity index (χ4v) is 1.66. The number of carbonyl (C=O) groups is 3. The standard InChI is InChI=1S/C12H19N3O5/c1-19-8-7-15(6-5-11(17)20-2)12(18)9-3-4-10(16)14-13-9/h3-8H2,1-2H3,(H,14,16). The summed E-state index contributed by atoms with van der Waals surface area (Å²) in [7, 11) is 2.83. The first kappa shape index (κ1) is 16.1. The lowest BCUT2D eigenvalue weighted by atomic mass is 10.1. The van der Waals surface area contributed by atoms with Crippen molar-refractivity contribution in [2.24, 2.45) is 5.10 Å².